The van der Waals surface area contributed by atoms with Gasteiger partial charge >= 0.3 is 0 Å². The van der Waals surface area contributed by atoms with Crippen molar-refractivity contribution in [2.45, 2.75) is 11.8 Å². The minimum Gasteiger partial charge on any atom is -0.322 e. The second-order valence-electron chi connectivity index (χ2n) is 6.25. The number of sulfonamides is 1. The Kier molecular flexibility index (Phi) is 5.72. The number of anilines is 2. The van der Waals surface area contributed by atoms with Crippen LogP contribution in [0, 0.1) is 6.92 Å². The van der Waals surface area contributed by atoms with E-state index in [0.29, 0.717) is 22.0 Å². The summed E-state index contributed by atoms with van der Waals surface area (Å²) in [5.41, 5.74) is 2.19. The van der Waals surface area contributed by atoms with Crippen LogP contribution in [0.25, 0.3) is 0 Å². The zero-order chi connectivity index (χ0) is 20.3. The molecule has 0 unspecified atom stereocenters. The Morgan fingerprint density at radius 3 is 2.25 bits per heavy atom. The number of amides is 1. The minimum atomic E-state index is -3.79. The average molecular weight is 415 g/mol. The Hall–Kier alpha value is -2.83. The molecule has 28 heavy (non-hydrogen) atoms. The van der Waals surface area contributed by atoms with E-state index in [1.807, 2.05) is 18.2 Å². The van der Waals surface area contributed by atoms with Gasteiger partial charge in [0.1, 0.15) is 0 Å². The summed E-state index contributed by atoms with van der Waals surface area (Å²) in [6.07, 6.45) is 0. The van der Waals surface area contributed by atoms with E-state index in [9.17, 15) is 13.2 Å². The first kappa shape index (κ1) is 19.9. The number of benzene rings is 3. The van der Waals surface area contributed by atoms with Crippen molar-refractivity contribution in [3.05, 3.63) is 88.9 Å². The summed E-state index contributed by atoms with van der Waals surface area (Å²) in [4.78, 5) is 12.7. The molecule has 3 aromatic rings. The lowest BCUT2D eigenvalue weighted by molar-refractivity contribution is 0.102. The van der Waals surface area contributed by atoms with Crippen molar-refractivity contribution in [2.75, 3.05) is 16.7 Å². The number of nitrogens with zero attached hydrogens (tertiary/aromatic N) is 1. The van der Waals surface area contributed by atoms with Crippen molar-refractivity contribution in [3.8, 4) is 0 Å². The predicted octanol–water partition coefficient (Wildman–Crippen LogP) is 4.73. The van der Waals surface area contributed by atoms with Gasteiger partial charge in [-0.15, -0.1) is 0 Å². The summed E-state index contributed by atoms with van der Waals surface area (Å²) in [6.45, 7) is 1.79. The molecule has 1 amide bonds. The number of rotatable bonds is 5. The molecule has 0 bridgehead atoms. The number of hydrogen-bond donors (Lipinski definition) is 1. The number of carbonyl (C=O) groups is 1. The highest BCUT2D eigenvalue weighted by Gasteiger charge is 2.23. The molecule has 0 aliphatic rings. The molecule has 3 rings (SSSR count). The Morgan fingerprint density at radius 2 is 1.61 bits per heavy atom. The fourth-order valence-corrected chi connectivity index (χ4v) is 4.09. The molecule has 0 aromatic heterocycles. The molecule has 5 nitrogen and oxygen atoms in total. The van der Waals surface area contributed by atoms with E-state index >= 15 is 0 Å². The van der Waals surface area contributed by atoms with Crippen LogP contribution in [0.4, 0.5) is 11.4 Å². The second kappa shape index (κ2) is 8.04. The first-order chi connectivity index (χ1) is 13.3. The van der Waals surface area contributed by atoms with Crippen molar-refractivity contribution in [3.63, 3.8) is 0 Å². The third-order valence-electron chi connectivity index (χ3n) is 4.31. The third kappa shape index (κ3) is 4.18. The molecule has 0 aliphatic heterocycles. The van der Waals surface area contributed by atoms with Gasteiger partial charge in [0, 0.05) is 23.3 Å². The van der Waals surface area contributed by atoms with Crippen LogP contribution < -0.4 is 9.62 Å². The molecule has 1 N–H and O–H groups in total. The molecule has 0 fully saturated rings. The van der Waals surface area contributed by atoms with Crippen molar-refractivity contribution < 1.29 is 13.2 Å². The number of aryl methyl sites for hydroxylation is 1. The Morgan fingerprint density at radius 1 is 0.964 bits per heavy atom. The summed E-state index contributed by atoms with van der Waals surface area (Å²) >= 11 is 5.85. The molecule has 0 saturated heterocycles. The summed E-state index contributed by atoms with van der Waals surface area (Å²) < 4.78 is 27.1. The van der Waals surface area contributed by atoms with Crippen molar-refractivity contribution >= 4 is 38.9 Å². The zero-order valence-electron chi connectivity index (χ0n) is 15.4. The number of para-hydroxylation sites is 1. The molecule has 0 atom stereocenters. The Labute approximate surface area is 169 Å². The monoisotopic (exact) mass is 414 g/mol. The number of carbonyl (C=O) groups excluding carboxylic acids is 1. The van der Waals surface area contributed by atoms with Gasteiger partial charge in [0.25, 0.3) is 15.9 Å². The SMILES string of the molecule is Cc1ccc(C(=O)Nc2ccccc2)cc1N(C)S(=O)(=O)c1ccc(Cl)cc1. The van der Waals surface area contributed by atoms with Gasteiger partial charge in [-0.3, -0.25) is 9.10 Å². The zero-order valence-corrected chi connectivity index (χ0v) is 17.0. The normalized spacial score (nSPS) is 11.1. The van der Waals surface area contributed by atoms with Gasteiger partial charge < -0.3 is 5.32 Å². The van der Waals surface area contributed by atoms with Crippen LogP contribution in [0.15, 0.2) is 77.7 Å². The van der Waals surface area contributed by atoms with Gasteiger partial charge in [-0.1, -0.05) is 35.9 Å². The van der Waals surface area contributed by atoms with Crippen LogP contribution in [0.2, 0.25) is 5.02 Å². The molecule has 144 valence electrons. The van der Waals surface area contributed by atoms with Crippen LogP contribution in [0.5, 0.6) is 0 Å². The summed E-state index contributed by atoms with van der Waals surface area (Å²) in [5, 5.41) is 3.25. The van der Waals surface area contributed by atoms with Crippen LogP contribution in [0.3, 0.4) is 0 Å². The Bertz CT molecular complexity index is 1100. The molecule has 0 spiro atoms. The smallest absolute Gasteiger partial charge is 0.264 e. The van der Waals surface area contributed by atoms with Crippen LogP contribution in [0.1, 0.15) is 15.9 Å². The number of nitrogens with one attached hydrogen (secondary N) is 1. The van der Waals surface area contributed by atoms with Gasteiger partial charge in [0.2, 0.25) is 0 Å². The summed E-state index contributed by atoms with van der Waals surface area (Å²) in [6, 6.07) is 20.0. The average Bonchev–Trinajstić information content (AvgIpc) is 2.69. The standard InChI is InChI=1S/C21H19ClN2O3S/c1-15-8-9-16(21(25)23-18-6-4-3-5-7-18)14-20(15)24(2)28(26,27)19-12-10-17(22)11-13-19/h3-14H,1-2H3,(H,23,25). The van der Waals surface area contributed by atoms with Gasteiger partial charge in [-0.2, -0.15) is 0 Å². The van der Waals surface area contributed by atoms with E-state index in [4.69, 9.17) is 11.6 Å². The maximum Gasteiger partial charge on any atom is 0.264 e. The second-order valence-corrected chi connectivity index (χ2v) is 8.65. The van der Waals surface area contributed by atoms with Crippen LogP contribution in [-0.2, 0) is 10.0 Å². The predicted molar refractivity (Wildman–Crippen MR) is 113 cm³/mol. The quantitative estimate of drug-likeness (QED) is 0.656. The van der Waals surface area contributed by atoms with E-state index in [2.05, 4.69) is 5.32 Å². The highest BCUT2D eigenvalue weighted by atomic mass is 35.5. The largest absolute Gasteiger partial charge is 0.322 e. The fourth-order valence-electron chi connectivity index (χ4n) is 2.71. The molecule has 0 radical (unpaired) electrons. The third-order valence-corrected chi connectivity index (χ3v) is 6.35. The molecule has 0 saturated carbocycles. The van der Waals surface area contributed by atoms with Gasteiger partial charge in [-0.05, 0) is 61.0 Å². The molecule has 0 aliphatic carbocycles. The lowest BCUT2D eigenvalue weighted by Crippen LogP contribution is -2.27. The summed E-state index contributed by atoms with van der Waals surface area (Å²) in [5.74, 6) is -0.315. The minimum absolute atomic E-state index is 0.123. The molecular weight excluding hydrogens is 396 g/mol. The fraction of sp³-hybridized carbons (Fsp3) is 0.0952. The van der Waals surface area contributed by atoms with Gasteiger partial charge in [-0.25, -0.2) is 8.42 Å². The van der Waals surface area contributed by atoms with Gasteiger partial charge in [0.05, 0.1) is 10.6 Å². The van der Waals surface area contributed by atoms with E-state index in [-0.39, 0.29) is 10.8 Å². The number of hydrogen-bond acceptors (Lipinski definition) is 3. The lowest BCUT2D eigenvalue weighted by atomic mass is 10.1. The Balaban J connectivity index is 1.92. The van der Waals surface area contributed by atoms with E-state index in [1.165, 1.54) is 35.6 Å². The first-order valence-electron chi connectivity index (χ1n) is 8.50. The molecule has 0 heterocycles. The van der Waals surface area contributed by atoms with E-state index < -0.39 is 10.0 Å². The van der Waals surface area contributed by atoms with Crippen LogP contribution in [-0.4, -0.2) is 21.4 Å². The lowest BCUT2D eigenvalue weighted by Gasteiger charge is -2.22. The van der Waals surface area contributed by atoms with E-state index in [1.54, 1.807) is 37.3 Å². The van der Waals surface area contributed by atoms with Crippen molar-refractivity contribution in [1.29, 1.82) is 0 Å². The van der Waals surface area contributed by atoms with Crippen molar-refractivity contribution in [1.82, 2.24) is 0 Å². The molecule has 3 aromatic carbocycles. The van der Waals surface area contributed by atoms with E-state index in [0.717, 1.165) is 5.56 Å². The van der Waals surface area contributed by atoms with Crippen molar-refractivity contribution in [2.24, 2.45) is 0 Å². The first-order valence-corrected chi connectivity index (χ1v) is 10.3. The maximum atomic E-state index is 13.0. The molecule has 7 heteroatoms. The maximum absolute atomic E-state index is 13.0. The molecular formula is C21H19ClN2O3S. The van der Waals surface area contributed by atoms with Gasteiger partial charge in [0.15, 0.2) is 0 Å². The number of halogens is 1. The topological polar surface area (TPSA) is 66.5 Å². The van der Waals surface area contributed by atoms with Crippen LogP contribution >= 0.6 is 11.6 Å². The summed E-state index contributed by atoms with van der Waals surface area (Å²) in [7, 11) is -2.33. The highest BCUT2D eigenvalue weighted by Crippen LogP contribution is 2.27. The highest BCUT2D eigenvalue weighted by molar-refractivity contribution is 7.92.